The second kappa shape index (κ2) is 6.44. The van der Waals surface area contributed by atoms with Crippen LogP contribution in [0.4, 0.5) is 0 Å². The third-order valence-electron chi connectivity index (χ3n) is 2.50. The average Bonchev–Trinajstić information content (AvgIpc) is 2.37. The number of nitrogens with two attached hydrogens (primary N) is 1. The molecular weight excluding hydrogens is 222 g/mol. The van der Waals surface area contributed by atoms with Crippen LogP contribution in [0.15, 0.2) is 12.1 Å². The van der Waals surface area contributed by atoms with Crippen LogP contribution in [0.3, 0.4) is 0 Å². The van der Waals surface area contributed by atoms with Crippen LogP contribution in [-0.2, 0) is 11.3 Å². The summed E-state index contributed by atoms with van der Waals surface area (Å²) < 4.78 is 15.6. The van der Waals surface area contributed by atoms with Gasteiger partial charge in [0.25, 0.3) is 0 Å². The maximum Gasteiger partial charge on any atom is 0.129 e. The first-order valence-electron chi connectivity index (χ1n) is 5.28. The van der Waals surface area contributed by atoms with Crippen LogP contribution in [0.2, 0.25) is 0 Å². The maximum absolute atomic E-state index is 9.14. The van der Waals surface area contributed by atoms with Gasteiger partial charge in [0.2, 0.25) is 0 Å². The van der Waals surface area contributed by atoms with E-state index in [4.69, 9.17) is 25.1 Å². The van der Waals surface area contributed by atoms with Crippen molar-refractivity contribution in [2.45, 2.75) is 12.6 Å². The maximum atomic E-state index is 9.14. The minimum Gasteiger partial charge on any atom is -0.497 e. The third-order valence-corrected chi connectivity index (χ3v) is 2.50. The Hall–Kier alpha value is -1.30. The van der Waals surface area contributed by atoms with E-state index in [2.05, 4.69) is 0 Å². The highest BCUT2D eigenvalue weighted by molar-refractivity contribution is 5.48. The number of aliphatic hydroxyl groups is 1. The molecule has 0 fully saturated rings. The predicted octanol–water partition coefficient (Wildman–Crippen LogP) is 0.842. The number of benzene rings is 1. The Balaban J connectivity index is 3.28. The Bertz CT molecular complexity index is 368. The van der Waals surface area contributed by atoms with Crippen LogP contribution in [-0.4, -0.2) is 33.0 Å². The molecule has 17 heavy (non-hydrogen) atoms. The number of aliphatic hydroxyl groups excluding tert-OH is 1. The van der Waals surface area contributed by atoms with Gasteiger partial charge >= 0.3 is 0 Å². The first-order chi connectivity index (χ1) is 8.17. The molecule has 0 bridgehead atoms. The van der Waals surface area contributed by atoms with E-state index < -0.39 is 6.04 Å². The molecule has 0 spiro atoms. The monoisotopic (exact) mass is 241 g/mol. The van der Waals surface area contributed by atoms with Gasteiger partial charge in [0.15, 0.2) is 0 Å². The van der Waals surface area contributed by atoms with Gasteiger partial charge in [-0.15, -0.1) is 0 Å². The van der Waals surface area contributed by atoms with Crippen molar-refractivity contribution < 1.29 is 19.3 Å². The third kappa shape index (κ3) is 3.09. The largest absolute Gasteiger partial charge is 0.497 e. The lowest BCUT2D eigenvalue weighted by atomic mass is 10.0. The SMILES string of the molecule is COCc1cc(OC)cc(C(N)CO)c1OC. The standard InChI is InChI=1S/C12H19NO4/c1-15-7-8-4-9(16-2)5-10(11(13)6-14)12(8)17-3/h4-5,11,14H,6-7,13H2,1-3H3. The van der Waals surface area contributed by atoms with Gasteiger partial charge in [0.05, 0.1) is 33.5 Å². The zero-order chi connectivity index (χ0) is 12.8. The Morgan fingerprint density at radius 1 is 1.24 bits per heavy atom. The second-order valence-electron chi connectivity index (χ2n) is 3.63. The smallest absolute Gasteiger partial charge is 0.129 e. The number of hydrogen-bond acceptors (Lipinski definition) is 5. The summed E-state index contributed by atoms with van der Waals surface area (Å²) in [6.07, 6.45) is 0. The number of hydrogen-bond donors (Lipinski definition) is 2. The van der Waals surface area contributed by atoms with Crippen molar-refractivity contribution in [2.24, 2.45) is 5.73 Å². The van der Waals surface area contributed by atoms with E-state index in [1.54, 1.807) is 27.4 Å². The molecule has 5 nitrogen and oxygen atoms in total. The normalized spacial score (nSPS) is 12.3. The first kappa shape index (κ1) is 13.8. The summed E-state index contributed by atoms with van der Waals surface area (Å²) in [5, 5.41) is 9.14. The summed E-state index contributed by atoms with van der Waals surface area (Å²) in [5.74, 6) is 1.30. The molecule has 0 heterocycles. The Kier molecular flexibility index (Phi) is 5.21. The summed E-state index contributed by atoms with van der Waals surface area (Å²) in [6.45, 7) is 0.238. The average molecular weight is 241 g/mol. The zero-order valence-corrected chi connectivity index (χ0v) is 10.4. The van der Waals surface area contributed by atoms with Crippen LogP contribution < -0.4 is 15.2 Å². The lowest BCUT2D eigenvalue weighted by Crippen LogP contribution is -2.16. The minimum atomic E-state index is -0.504. The van der Waals surface area contributed by atoms with Crippen molar-refractivity contribution in [3.8, 4) is 11.5 Å². The molecular formula is C12H19NO4. The molecule has 96 valence electrons. The van der Waals surface area contributed by atoms with Gasteiger partial charge in [-0.05, 0) is 12.1 Å². The van der Waals surface area contributed by atoms with Crippen molar-refractivity contribution in [1.29, 1.82) is 0 Å². The second-order valence-corrected chi connectivity index (χ2v) is 3.63. The summed E-state index contributed by atoms with van der Waals surface area (Å²) in [6, 6.07) is 3.09. The van der Waals surface area contributed by atoms with E-state index in [-0.39, 0.29) is 6.61 Å². The quantitative estimate of drug-likeness (QED) is 0.772. The molecule has 1 atom stereocenters. The fraction of sp³-hybridized carbons (Fsp3) is 0.500. The summed E-state index contributed by atoms with van der Waals surface area (Å²) in [4.78, 5) is 0. The molecule has 0 saturated carbocycles. The van der Waals surface area contributed by atoms with Crippen molar-refractivity contribution in [3.63, 3.8) is 0 Å². The molecule has 1 aromatic rings. The lowest BCUT2D eigenvalue weighted by Gasteiger charge is -2.18. The highest BCUT2D eigenvalue weighted by Crippen LogP contribution is 2.33. The molecule has 1 aromatic carbocycles. The molecule has 1 unspecified atom stereocenters. The molecule has 3 N–H and O–H groups in total. The first-order valence-corrected chi connectivity index (χ1v) is 5.28. The van der Waals surface area contributed by atoms with Crippen molar-refractivity contribution >= 4 is 0 Å². The molecule has 0 amide bonds. The fourth-order valence-electron chi connectivity index (χ4n) is 1.69. The highest BCUT2D eigenvalue weighted by Gasteiger charge is 2.17. The van der Waals surface area contributed by atoms with E-state index in [0.29, 0.717) is 23.7 Å². The Morgan fingerprint density at radius 3 is 2.41 bits per heavy atom. The summed E-state index contributed by atoms with van der Waals surface area (Å²) in [5.41, 5.74) is 7.38. The van der Waals surface area contributed by atoms with Gasteiger partial charge in [-0.25, -0.2) is 0 Å². The van der Waals surface area contributed by atoms with Gasteiger partial charge in [0.1, 0.15) is 11.5 Å². The van der Waals surface area contributed by atoms with Gasteiger partial charge in [-0.1, -0.05) is 0 Å². The summed E-state index contributed by atoms with van der Waals surface area (Å²) >= 11 is 0. The van der Waals surface area contributed by atoms with Gasteiger partial charge < -0.3 is 25.1 Å². The zero-order valence-electron chi connectivity index (χ0n) is 10.4. The van der Waals surface area contributed by atoms with Gasteiger partial charge in [-0.3, -0.25) is 0 Å². The van der Waals surface area contributed by atoms with Crippen LogP contribution in [0.1, 0.15) is 17.2 Å². The Labute approximate surface area is 101 Å². The molecule has 0 aliphatic rings. The van der Waals surface area contributed by atoms with E-state index >= 15 is 0 Å². The van der Waals surface area contributed by atoms with E-state index in [1.807, 2.05) is 6.07 Å². The van der Waals surface area contributed by atoms with Crippen LogP contribution in [0.25, 0.3) is 0 Å². The molecule has 5 heteroatoms. The molecule has 1 rings (SSSR count). The molecule has 0 radical (unpaired) electrons. The molecule has 0 aromatic heterocycles. The van der Waals surface area contributed by atoms with E-state index in [9.17, 15) is 0 Å². The number of rotatable bonds is 6. The number of methoxy groups -OCH3 is 3. The predicted molar refractivity (Wildman–Crippen MR) is 64.3 cm³/mol. The summed E-state index contributed by atoms with van der Waals surface area (Å²) in [7, 11) is 4.74. The van der Waals surface area contributed by atoms with Gasteiger partial charge in [-0.2, -0.15) is 0 Å². The lowest BCUT2D eigenvalue weighted by molar-refractivity contribution is 0.180. The fourth-order valence-corrected chi connectivity index (χ4v) is 1.69. The minimum absolute atomic E-state index is 0.157. The number of ether oxygens (including phenoxy) is 3. The van der Waals surface area contributed by atoms with E-state index in [0.717, 1.165) is 5.56 Å². The van der Waals surface area contributed by atoms with E-state index in [1.165, 1.54) is 0 Å². The van der Waals surface area contributed by atoms with Crippen LogP contribution in [0, 0.1) is 0 Å². The van der Waals surface area contributed by atoms with Crippen molar-refractivity contribution in [3.05, 3.63) is 23.3 Å². The molecule has 0 saturated heterocycles. The molecule has 0 aliphatic carbocycles. The highest BCUT2D eigenvalue weighted by atomic mass is 16.5. The van der Waals surface area contributed by atoms with Crippen LogP contribution in [0.5, 0.6) is 11.5 Å². The Morgan fingerprint density at radius 2 is 1.94 bits per heavy atom. The van der Waals surface area contributed by atoms with Crippen LogP contribution >= 0.6 is 0 Å². The topological polar surface area (TPSA) is 73.9 Å². The van der Waals surface area contributed by atoms with Crippen molar-refractivity contribution in [1.82, 2.24) is 0 Å². The molecule has 0 aliphatic heterocycles. The van der Waals surface area contributed by atoms with Crippen molar-refractivity contribution in [2.75, 3.05) is 27.9 Å². The van der Waals surface area contributed by atoms with Gasteiger partial charge in [0, 0.05) is 18.2 Å².